The molecule has 0 atom stereocenters. The van der Waals surface area contributed by atoms with Crippen molar-refractivity contribution < 1.29 is 9.85 Å². The number of aromatic amines is 2. The third kappa shape index (κ3) is 2.22. The van der Waals surface area contributed by atoms with Crippen molar-refractivity contribution in [3.05, 3.63) is 20.2 Å². The molecule has 2 aromatic rings. The summed E-state index contributed by atoms with van der Waals surface area (Å²) in [6.45, 7) is 0. The zero-order valence-corrected chi connectivity index (χ0v) is 8.02. The average molecular weight is 238 g/mol. The zero-order valence-electron chi connectivity index (χ0n) is 8.02. The van der Waals surface area contributed by atoms with E-state index in [1.807, 2.05) is 0 Å². The molecule has 0 aliphatic rings. The van der Waals surface area contributed by atoms with E-state index in [1.165, 1.54) is 0 Å². The molecular weight excluding hydrogens is 235 g/mol. The standard InChI is InChI=1S/C4H3BN8O4/c14-12(15)3-6-1(8-10-3)5-2-7-4(11-9-2)13(16)17/h5H,(H,6,8,10)(H,7,9,11). The first-order valence-corrected chi connectivity index (χ1v) is 4.17. The van der Waals surface area contributed by atoms with E-state index in [2.05, 4.69) is 30.4 Å². The van der Waals surface area contributed by atoms with Crippen LogP contribution in [0.25, 0.3) is 0 Å². The molecule has 0 fully saturated rings. The van der Waals surface area contributed by atoms with Crippen LogP contribution in [0.5, 0.6) is 0 Å². The Bertz CT molecular complexity index is 525. The van der Waals surface area contributed by atoms with Crippen molar-refractivity contribution >= 4 is 30.6 Å². The lowest BCUT2D eigenvalue weighted by Crippen LogP contribution is -2.33. The van der Waals surface area contributed by atoms with Gasteiger partial charge in [-0.05, 0) is 9.85 Å². The molecule has 0 bridgehead atoms. The molecule has 0 unspecified atom stereocenters. The number of rotatable bonds is 4. The quantitative estimate of drug-likeness (QED) is 0.325. The van der Waals surface area contributed by atoms with Gasteiger partial charge in [0.2, 0.25) is 0 Å². The molecule has 2 N–H and O–H groups in total. The normalized spacial score (nSPS) is 10.1. The summed E-state index contributed by atoms with van der Waals surface area (Å²) < 4.78 is 0. The average Bonchev–Trinajstić information content (AvgIpc) is 2.87. The van der Waals surface area contributed by atoms with Gasteiger partial charge in [0.25, 0.3) is 0 Å². The van der Waals surface area contributed by atoms with Crippen molar-refractivity contribution in [1.29, 1.82) is 0 Å². The molecule has 0 saturated carbocycles. The van der Waals surface area contributed by atoms with E-state index in [9.17, 15) is 20.2 Å². The SMILES string of the molecule is O=[N+]([O-])c1n[nH]c(Bc2nc([N+](=O)[O-])n[nH]2)n1. The highest BCUT2D eigenvalue weighted by atomic mass is 16.6. The molecule has 0 saturated heterocycles. The van der Waals surface area contributed by atoms with Crippen LogP contribution in [0.1, 0.15) is 0 Å². The highest BCUT2D eigenvalue weighted by molar-refractivity contribution is 6.64. The predicted octanol–water partition coefficient (Wildman–Crippen LogP) is -2.87. The van der Waals surface area contributed by atoms with Gasteiger partial charge in [-0.15, -0.1) is 0 Å². The summed E-state index contributed by atoms with van der Waals surface area (Å²) in [6, 6.07) is 0. The number of H-pyrrole nitrogens is 2. The van der Waals surface area contributed by atoms with Crippen molar-refractivity contribution in [3.8, 4) is 0 Å². The molecule has 0 radical (unpaired) electrons. The Morgan fingerprint density at radius 1 is 0.941 bits per heavy atom. The van der Waals surface area contributed by atoms with Crippen LogP contribution in [0.2, 0.25) is 0 Å². The summed E-state index contributed by atoms with van der Waals surface area (Å²) in [5, 5.41) is 31.9. The molecule has 0 amide bonds. The van der Waals surface area contributed by atoms with Crippen LogP contribution in [0.4, 0.5) is 11.9 Å². The lowest BCUT2D eigenvalue weighted by atomic mass is 9.77. The van der Waals surface area contributed by atoms with Crippen molar-refractivity contribution in [2.75, 3.05) is 0 Å². The summed E-state index contributed by atoms with van der Waals surface area (Å²) in [5.74, 6) is -1.15. The van der Waals surface area contributed by atoms with Crippen LogP contribution in [0, 0.1) is 20.2 Å². The largest absolute Gasteiger partial charge is 0.490 e. The summed E-state index contributed by atoms with van der Waals surface area (Å²) in [6.07, 6.45) is 0. The van der Waals surface area contributed by atoms with Crippen LogP contribution < -0.4 is 11.4 Å². The second-order valence-electron chi connectivity index (χ2n) is 2.86. The fraction of sp³-hybridized carbons (Fsp3) is 0. The molecule has 2 aromatic heterocycles. The maximum Gasteiger partial charge on any atom is 0.490 e. The Labute approximate surface area is 92.0 Å². The molecule has 0 spiro atoms. The zero-order chi connectivity index (χ0) is 12.4. The van der Waals surface area contributed by atoms with E-state index < -0.39 is 21.7 Å². The molecule has 2 heterocycles. The van der Waals surface area contributed by atoms with Crippen LogP contribution in [0.15, 0.2) is 0 Å². The Morgan fingerprint density at radius 3 is 1.65 bits per heavy atom. The summed E-state index contributed by atoms with van der Waals surface area (Å²) in [7, 11) is 0.00167. The minimum Gasteiger partial charge on any atom is -0.390 e. The fourth-order valence-corrected chi connectivity index (χ4v) is 1.05. The van der Waals surface area contributed by atoms with Gasteiger partial charge in [-0.1, -0.05) is 9.97 Å². The third-order valence-corrected chi connectivity index (χ3v) is 1.70. The molecule has 0 aliphatic heterocycles. The van der Waals surface area contributed by atoms with E-state index >= 15 is 0 Å². The lowest BCUT2D eigenvalue weighted by Gasteiger charge is -1.82. The molecule has 13 heteroatoms. The third-order valence-electron chi connectivity index (χ3n) is 1.70. The van der Waals surface area contributed by atoms with Crippen LogP contribution in [-0.4, -0.2) is 47.5 Å². The van der Waals surface area contributed by atoms with Gasteiger partial charge in [0.1, 0.15) is 0 Å². The molecule has 2 rings (SSSR count). The minimum atomic E-state index is -0.761. The van der Waals surface area contributed by atoms with Gasteiger partial charge < -0.3 is 20.2 Å². The summed E-state index contributed by atoms with van der Waals surface area (Å²) in [4.78, 5) is 26.1. The molecule has 17 heavy (non-hydrogen) atoms. The predicted molar refractivity (Wildman–Crippen MR) is 52.5 cm³/mol. The van der Waals surface area contributed by atoms with Gasteiger partial charge in [0, 0.05) is 10.2 Å². The number of hydrogen-bond acceptors (Lipinski definition) is 8. The molecule has 0 aliphatic carbocycles. The van der Waals surface area contributed by atoms with E-state index in [4.69, 9.17) is 0 Å². The van der Waals surface area contributed by atoms with Gasteiger partial charge in [0.15, 0.2) is 11.4 Å². The molecular formula is C4H3BN8O4. The van der Waals surface area contributed by atoms with E-state index in [-0.39, 0.29) is 18.7 Å². The van der Waals surface area contributed by atoms with Gasteiger partial charge in [-0.2, -0.15) is 10.2 Å². The smallest absolute Gasteiger partial charge is 0.390 e. The first-order valence-electron chi connectivity index (χ1n) is 4.17. The van der Waals surface area contributed by atoms with Crippen LogP contribution in [-0.2, 0) is 0 Å². The van der Waals surface area contributed by atoms with E-state index in [1.54, 1.807) is 0 Å². The Hall–Kier alpha value is -2.86. The molecule has 0 aromatic carbocycles. The maximum atomic E-state index is 10.3. The van der Waals surface area contributed by atoms with Gasteiger partial charge in [-0.25, -0.2) is 0 Å². The van der Waals surface area contributed by atoms with Crippen molar-refractivity contribution in [2.24, 2.45) is 0 Å². The number of nitrogens with one attached hydrogen (secondary N) is 2. The topological polar surface area (TPSA) is 169 Å². The molecule has 86 valence electrons. The van der Waals surface area contributed by atoms with Gasteiger partial charge in [-0.3, -0.25) is 0 Å². The van der Waals surface area contributed by atoms with Gasteiger partial charge in [0.05, 0.1) is 0 Å². The lowest BCUT2D eigenvalue weighted by molar-refractivity contribution is -0.394. The number of hydrogen-bond donors (Lipinski definition) is 2. The van der Waals surface area contributed by atoms with Gasteiger partial charge >= 0.3 is 19.2 Å². The highest BCUT2D eigenvalue weighted by Gasteiger charge is 2.22. The van der Waals surface area contributed by atoms with Crippen molar-refractivity contribution in [2.45, 2.75) is 0 Å². The minimum absolute atomic E-state index is 0.00167. The second kappa shape index (κ2) is 3.95. The van der Waals surface area contributed by atoms with E-state index in [0.717, 1.165) is 0 Å². The Balaban J connectivity index is 2.13. The highest BCUT2D eigenvalue weighted by Crippen LogP contribution is 1.95. The molecule has 12 nitrogen and oxygen atoms in total. The monoisotopic (exact) mass is 238 g/mol. The van der Waals surface area contributed by atoms with E-state index in [0.29, 0.717) is 0 Å². The first kappa shape index (κ1) is 10.7. The van der Waals surface area contributed by atoms with Crippen molar-refractivity contribution in [3.63, 3.8) is 0 Å². The Kier molecular flexibility index (Phi) is 2.48. The maximum absolute atomic E-state index is 10.3. The van der Waals surface area contributed by atoms with Crippen LogP contribution in [0.3, 0.4) is 0 Å². The second-order valence-corrected chi connectivity index (χ2v) is 2.86. The summed E-state index contributed by atoms with van der Waals surface area (Å²) >= 11 is 0. The Morgan fingerprint density at radius 2 is 1.35 bits per heavy atom. The number of aromatic nitrogens is 6. The summed E-state index contributed by atoms with van der Waals surface area (Å²) in [5.41, 5.74) is 0.311. The number of nitrogens with zero attached hydrogens (tertiary/aromatic N) is 6. The first-order chi connectivity index (χ1) is 8.06. The van der Waals surface area contributed by atoms with Crippen molar-refractivity contribution in [1.82, 2.24) is 30.4 Å². The number of nitro groups is 2. The fourth-order valence-electron chi connectivity index (χ4n) is 1.05. The van der Waals surface area contributed by atoms with Crippen LogP contribution >= 0.6 is 0 Å².